The van der Waals surface area contributed by atoms with Gasteiger partial charge in [-0.05, 0) is 69.4 Å². The van der Waals surface area contributed by atoms with Crippen molar-refractivity contribution in [2.45, 2.75) is 89.9 Å². The van der Waals surface area contributed by atoms with Crippen LogP contribution in [-0.2, 0) is 41.0 Å². The summed E-state index contributed by atoms with van der Waals surface area (Å²) in [5, 5.41) is 8.89. The molecule has 6 nitrogen and oxygen atoms in total. The lowest BCUT2D eigenvalue weighted by Gasteiger charge is -2.47. The molecule has 1 spiro atoms. The molecule has 32 heavy (non-hydrogen) atoms. The highest BCUT2D eigenvalue weighted by Crippen LogP contribution is 2.46. The smallest absolute Gasteiger partial charge is 0.0969 e. The van der Waals surface area contributed by atoms with Gasteiger partial charge in [0.05, 0.1) is 17.9 Å². The highest BCUT2D eigenvalue weighted by atomic mass is 32.1. The number of ether oxygens (including phenoxy) is 2. The van der Waals surface area contributed by atoms with Crippen LogP contribution in [0.1, 0.15) is 73.4 Å². The van der Waals surface area contributed by atoms with E-state index in [4.69, 9.17) is 9.47 Å². The van der Waals surface area contributed by atoms with Crippen LogP contribution < -0.4 is 0 Å². The Hall–Kier alpha value is -1.28. The summed E-state index contributed by atoms with van der Waals surface area (Å²) in [6.07, 6.45) is 11.4. The third-order valence-electron chi connectivity index (χ3n) is 7.75. The van der Waals surface area contributed by atoms with Crippen LogP contribution in [0.3, 0.4) is 0 Å². The molecule has 2 saturated heterocycles. The number of hydrogen-bond donors (Lipinski definition) is 0. The molecular weight excluding hydrogens is 420 g/mol. The molecule has 0 unspecified atom stereocenters. The lowest BCUT2D eigenvalue weighted by atomic mass is 9.79. The van der Waals surface area contributed by atoms with Gasteiger partial charge in [-0.3, -0.25) is 9.58 Å². The maximum Gasteiger partial charge on any atom is 0.0969 e. The van der Waals surface area contributed by atoms with E-state index in [2.05, 4.69) is 41.3 Å². The third kappa shape index (κ3) is 4.81. The van der Waals surface area contributed by atoms with Crippen molar-refractivity contribution in [1.29, 1.82) is 0 Å². The first-order valence-corrected chi connectivity index (χ1v) is 13.4. The zero-order valence-electron chi connectivity index (χ0n) is 19.7. The number of thiophene rings is 1. The van der Waals surface area contributed by atoms with Gasteiger partial charge >= 0.3 is 0 Å². The van der Waals surface area contributed by atoms with Crippen LogP contribution in [0.2, 0.25) is 0 Å². The van der Waals surface area contributed by atoms with E-state index in [9.17, 15) is 0 Å². The second-order valence-electron chi connectivity index (χ2n) is 9.94. The molecule has 7 heteroatoms. The lowest BCUT2D eigenvalue weighted by Crippen LogP contribution is -2.50. The molecular formula is C25H38N4O2S. The second kappa shape index (κ2) is 9.92. The Kier molecular flexibility index (Phi) is 6.98. The van der Waals surface area contributed by atoms with Crippen molar-refractivity contribution in [2.75, 3.05) is 26.4 Å². The molecule has 2 aromatic heterocycles. The molecule has 2 fully saturated rings. The van der Waals surface area contributed by atoms with Crippen LogP contribution >= 0.6 is 11.3 Å². The monoisotopic (exact) mass is 458 g/mol. The quantitative estimate of drug-likeness (QED) is 0.609. The van der Waals surface area contributed by atoms with Crippen molar-refractivity contribution in [1.82, 2.24) is 19.9 Å². The first-order valence-electron chi connectivity index (χ1n) is 12.6. The topological polar surface area (TPSA) is 52.4 Å². The Bertz CT molecular complexity index is 890. The minimum atomic E-state index is -0.0742. The molecule has 176 valence electrons. The lowest BCUT2D eigenvalue weighted by molar-refractivity contribution is -0.112. The van der Waals surface area contributed by atoms with Crippen LogP contribution in [-0.4, -0.2) is 52.3 Å². The van der Waals surface area contributed by atoms with E-state index in [0.717, 1.165) is 76.8 Å². The molecule has 5 rings (SSSR count). The van der Waals surface area contributed by atoms with E-state index in [1.807, 2.05) is 16.0 Å². The second-order valence-corrected chi connectivity index (χ2v) is 11.2. The standard InChI is InChI=1S/C25H38N4O2S/c1-3-22-15-23-24(32-22)8-14-31-25(23)9-11-28(19(2)16-25)17-21-18-29(27-26-21)10-4-5-20-6-12-30-13-7-20/h15,18-20H,3-14,16-17H2,1-2H3/t19-,25+/m0/s1. The van der Waals surface area contributed by atoms with Crippen LogP contribution in [0, 0.1) is 5.92 Å². The summed E-state index contributed by atoms with van der Waals surface area (Å²) in [6, 6.07) is 2.91. The fourth-order valence-corrected chi connectivity index (χ4v) is 6.99. The summed E-state index contributed by atoms with van der Waals surface area (Å²) in [5.74, 6) is 0.826. The SMILES string of the molecule is CCc1cc2c(s1)CCO[C@@]21CCN(Cc2cn(CCCC3CCOCC3)nn2)[C@@H](C)C1. The summed E-state index contributed by atoms with van der Waals surface area (Å²) < 4.78 is 14.0. The number of nitrogens with zero attached hydrogens (tertiary/aromatic N) is 4. The summed E-state index contributed by atoms with van der Waals surface area (Å²) >= 11 is 2.00. The molecule has 2 atom stereocenters. The Morgan fingerprint density at radius 3 is 2.94 bits per heavy atom. The Morgan fingerprint density at radius 1 is 1.25 bits per heavy atom. The number of aromatic nitrogens is 3. The van der Waals surface area contributed by atoms with E-state index in [1.165, 1.54) is 36.1 Å². The number of fused-ring (bicyclic) bond motifs is 2. The fraction of sp³-hybridized carbons (Fsp3) is 0.760. The summed E-state index contributed by atoms with van der Waals surface area (Å²) in [4.78, 5) is 5.63. The Balaban J connectivity index is 1.15. The molecule has 5 heterocycles. The Labute approximate surface area is 196 Å². The van der Waals surface area contributed by atoms with Crippen molar-refractivity contribution < 1.29 is 9.47 Å². The molecule has 0 saturated carbocycles. The molecule has 2 aromatic rings. The van der Waals surface area contributed by atoms with Crippen LogP contribution in [0.5, 0.6) is 0 Å². The van der Waals surface area contributed by atoms with Gasteiger partial charge in [0.1, 0.15) is 0 Å². The summed E-state index contributed by atoms with van der Waals surface area (Å²) in [7, 11) is 0. The van der Waals surface area contributed by atoms with Gasteiger partial charge in [0, 0.05) is 61.3 Å². The highest BCUT2D eigenvalue weighted by Gasteiger charge is 2.44. The largest absolute Gasteiger partial charge is 0.381 e. The van der Waals surface area contributed by atoms with Crippen molar-refractivity contribution in [3.05, 3.63) is 33.3 Å². The van der Waals surface area contributed by atoms with Gasteiger partial charge in [0.15, 0.2) is 0 Å². The van der Waals surface area contributed by atoms with Crippen LogP contribution in [0.4, 0.5) is 0 Å². The normalized spacial score (nSPS) is 27.1. The van der Waals surface area contributed by atoms with Gasteiger partial charge in [0.25, 0.3) is 0 Å². The first-order chi connectivity index (χ1) is 15.6. The van der Waals surface area contributed by atoms with Gasteiger partial charge in [-0.1, -0.05) is 12.1 Å². The predicted octanol–water partition coefficient (Wildman–Crippen LogP) is 4.56. The Morgan fingerprint density at radius 2 is 2.12 bits per heavy atom. The molecule has 0 bridgehead atoms. The van der Waals surface area contributed by atoms with Crippen molar-refractivity contribution >= 4 is 11.3 Å². The number of rotatable bonds is 7. The maximum absolute atomic E-state index is 6.50. The van der Waals surface area contributed by atoms with E-state index < -0.39 is 0 Å². The van der Waals surface area contributed by atoms with Crippen LogP contribution in [0.15, 0.2) is 12.3 Å². The third-order valence-corrected chi connectivity index (χ3v) is 9.09. The van der Waals surface area contributed by atoms with Gasteiger partial charge in [-0.25, -0.2) is 0 Å². The average Bonchev–Trinajstić information content (AvgIpc) is 3.44. The number of hydrogen-bond acceptors (Lipinski definition) is 6. The summed E-state index contributed by atoms with van der Waals surface area (Å²) in [5.41, 5.74) is 2.51. The molecule has 0 aliphatic carbocycles. The number of piperidine rings is 1. The molecule has 3 aliphatic heterocycles. The minimum absolute atomic E-state index is 0.0742. The molecule has 0 aromatic carbocycles. The molecule has 0 radical (unpaired) electrons. The van der Waals surface area contributed by atoms with Crippen molar-refractivity contribution in [3.8, 4) is 0 Å². The zero-order chi connectivity index (χ0) is 22.0. The molecule has 0 N–H and O–H groups in total. The predicted molar refractivity (Wildman–Crippen MR) is 127 cm³/mol. The van der Waals surface area contributed by atoms with Gasteiger partial charge < -0.3 is 9.47 Å². The number of aryl methyl sites for hydroxylation is 2. The van der Waals surface area contributed by atoms with Crippen molar-refractivity contribution in [2.24, 2.45) is 5.92 Å². The van der Waals surface area contributed by atoms with Crippen molar-refractivity contribution in [3.63, 3.8) is 0 Å². The van der Waals surface area contributed by atoms with E-state index in [0.29, 0.717) is 6.04 Å². The van der Waals surface area contributed by atoms with E-state index >= 15 is 0 Å². The number of likely N-dealkylation sites (tertiary alicyclic amines) is 1. The first kappa shape index (κ1) is 22.5. The van der Waals surface area contributed by atoms with Gasteiger partial charge in [0.2, 0.25) is 0 Å². The molecule has 0 amide bonds. The van der Waals surface area contributed by atoms with Gasteiger partial charge in [-0.2, -0.15) is 0 Å². The van der Waals surface area contributed by atoms with Gasteiger partial charge in [-0.15, -0.1) is 16.4 Å². The summed E-state index contributed by atoms with van der Waals surface area (Å²) in [6.45, 7) is 10.3. The zero-order valence-corrected chi connectivity index (χ0v) is 20.5. The maximum atomic E-state index is 6.50. The van der Waals surface area contributed by atoms with E-state index in [-0.39, 0.29) is 5.60 Å². The van der Waals surface area contributed by atoms with Crippen LogP contribution in [0.25, 0.3) is 0 Å². The van der Waals surface area contributed by atoms with E-state index in [1.54, 1.807) is 4.88 Å². The molecule has 3 aliphatic rings. The average molecular weight is 459 g/mol. The highest BCUT2D eigenvalue weighted by molar-refractivity contribution is 7.12. The minimum Gasteiger partial charge on any atom is -0.381 e. The fourth-order valence-electron chi connectivity index (χ4n) is 5.82.